The molecule has 15 heavy (non-hydrogen) atoms. The molecule has 0 amide bonds. The smallest absolute Gasteiger partial charge is 0.210 e. The second kappa shape index (κ2) is 5.70. The molecule has 1 aromatic rings. The van der Waals surface area contributed by atoms with E-state index in [1.54, 1.807) is 18.2 Å². The van der Waals surface area contributed by atoms with Crippen LogP contribution in [0.4, 0.5) is 0 Å². The van der Waals surface area contributed by atoms with Crippen LogP contribution in [0.1, 0.15) is 0 Å². The maximum absolute atomic E-state index is 11.6. The molecule has 0 aliphatic carbocycles. The molecular formula is C9H11Cl2NO2S. The third kappa shape index (κ3) is 3.99. The molecule has 1 atom stereocenters. The van der Waals surface area contributed by atoms with E-state index < -0.39 is 15.4 Å². The van der Waals surface area contributed by atoms with Crippen molar-refractivity contribution in [3.05, 3.63) is 30.3 Å². The van der Waals surface area contributed by atoms with Crippen LogP contribution in [0.25, 0.3) is 0 Å². The van der Waals surface area contributed by atoms with Crippen LogP contribution in [-0.2, 0) is 10.0 Å². The van der Waals surface area contributed by atoms with E-state index in [4.69, 9.17) is 23.2 Å². The Balaban J connectivity index is 2.69. The number of halogens is 2. The van der Waals surface area contributed by atoms with E-state index in [0.29, 0.717) is 0 Å². The lowest BCUT2D eigenvalue weighted by molar-refractivity contribution is 0.581. The molecule has 0 aliphatic heterocycles. The topological polar surface area (TPSA) is 46.2 Å². The summed E-state index contributed by atoms with van der Waals surface area (Å²) in [5.41, 5.74) is 0. The second-order valence-corrected chi connectivity index (χ2v) is 5.61. The molecule has 0 aromatic heterocycles. The Bertz CT molecular complexity index is 394. The molecule has 0 heterocycles. The van der Waals surface area contributed by atoms with Gasteiger partial charge in [0.2, 0.25) is 10.0 Å². The number of nitrogens with one attached hydrogen (secondary N) is 1. The molecule has 84 valence electrons. The number of hydrogen-bond donors (Lipinski definition) is 1. The van der Waals surface area contributed by atoms with Crippen molar-refractivity contribution >= 4 is 33.2 Å². The average Bonchev–Trinajstić information content (AvgIpc) is 2.27. The number of sulfonamides is 1. The van der Waals surface area contributed by atoms with Gasteiger partial charge in [-0.3, -0.25) is 0 Å². The van der Waals surface area contributed by atoms with Crippen LogP contribution < -0.4 is 4.72 Å². The van der Waals surface area contributed by atoms with E-state index in [0.717, 1.165) is 0 Å². The molecule has 6 heteroatoms. The Morgan fingerprint density at radius 1 is 1.27 bits per heavy atom. The number of alkyl halides is 2. The zero-order chi connectivity index (χ0) is 11.3. The normalized spacial score (nSPS) is 13.7. The third-order valence-electron chi connectivity index (χ3n) is 1.72. The largest absolute Gasteiger partial charge is 0.240 e. The molecule has 1 rings (SSSR count). The minimum Gasteiger partial charge on any atom is -0.210 e. The number of rotatable bonds is 5. The van der Waals surface area contributed by atoms with Crippen molar-refractivity contribution in [1.82, 2.24) is 4.72 Å². The molecular weight excluding hydrogens is 257 g/mol. The molecule has 1 aromatic carbocycles. The lowest BCUT2D eigenvalue weighted by Gasteiger charge is -2.08. The standard InChI is InChI=1S/C9H11Cl2NO2S/c10-6-8(11)7-12-15(13,14)9-4-2-1-3-5-9/h1-5,8,12H,6-7H2. The Labute approximate surface area is 99.4 Å². The first-order chi connectivity index (χ1) is 7.06. The lowest BCUT2D eigenvalue weighted by Crippen LogP contribution is -2.30. The van der Waals surface area contributed by atoms with Gasteiger partial charge in [-0.1, -0.05) is 18.2 Å². The van der Waals surface area contributed by atoms with E-state index in [1.165, 1.54) is 12.1 Å². The average molecular weight is 268 g/mol. The molecule has 1 unspecified atom stereocenters. The van der Waals surface area contributed by atoms with Gasteiger partial charge in [-0.05, 0) is 12.1 Å². The van der Waals surface area contributed by atoms with E-state index in [9.17, 15) is 8.42 Å². The highest BCUT2D eigenvalue weighted by Crippen LogP contribution is 2.07. The highest BCUT2D eigenvalue weighted by atomic mass is 35.5. The van der Waals surface area contributed by atoms with E-state index >= 15 is 0 Å². The minimum atomic E-state index is -3.46. The Hall–Kier alpha value is -0.290. The second-order valence-electron chi connectivity index (χ2n) is 2.92. The van der Waals surface area contributed by atoms with Crippen molar-refractivity contribution in [1.29, 1.82) is 0 Å². The molecule has 0 aliphatic rings. The summed E-state index contributed by atoms with van der Waals surface area (Å²) < 4.78 is 25.7. The van der Waals surface area contributed by atoms with Gasteiger partial charge in [-0.2, -0.15) is 0 Å². The summed E-state index contributed by atoms with van der Waals surface area (Å²) in [6.07, 6.45) is 0. The van der Waals surface area contributed by atoms with Crippen LogP contribution >= 0.6 is 23.2 Å². The van der Waals surface area contributed by atoms with E-state index in [2.05, 4.69) is 4.72 Å². The summed E-state index contributed by atoms with van der Waals surface area (Å²) in [6.45, 7) is 0.127. The van der Waals surface area contributed by atoms with Crippen LogP contribution in [0.3, 0.4) is 0 Å². The summed E-state index contributed by atoms with van der Waals surface area (Å²) in [5.74, 6) is 0.207. The van der Waals surface area contributed by atoms with Crippen molar-refractivity contribution in [2.24, 2.45) is 0 Å². The van der Waals surface area contributed by atoms with Crippen molar-refractivity contribution in [2.45, 2.75) is 10.3 Å². The van der Waals surface area contributed by atoms with Crippen LogP contribution in [0.5, 0.6) is 0 Å². The maximum Gasteiger partial charge on any atom is 0.240 e. The Morgan fingerprint density at radius 3 is 2.40 bits per heavy atom. The van der Waals surface area contributed by atoms with Crippen LogP contribution in [-0.4, -0.2) is 26.2 Å². The molecule has 0 spiro atoms. The predicted octanol–water partition coefficient (Wildman–Crippen LogP) is 1.81. The third-order valence-corrected chi connectivity index (χ3v) is 3.99. The SMILES string of the molecule is O=S(=O)(NCC(Cl)CCl)c1ccccc1. The number of hydrogen-bond acceptors (Lipinski definition) is 2. The van der Waals surface area contributed by atoms with Gasteiger partial charge in [-0.25, -0.2) is 13.1 Å². The van der Waals surface area contributed by atoms with Gasteiger partial charge >= 0.3 is 0 Å². The van der Waals surface area contributed by atoms with E-state index in [-0.39, 0.29) is 17.3 Å². The van der Waals surface area contributed by atoms with Gasteiger partial charge in [0.05, 0.1) is 10.3 Å². The van der Waals surface area contributed by atoms with Gasteiger partial charge in [-0.15, -0.1) is 23.2 Å². The highest BCUT2D eigenvalue weighted by molar-refractivity contribution is 7.89. The van der Waals surface area contributed by atoms with Gasteiger partial charge in [0.15, 0.2) is 0 Å². The fourth-order valence-electron chi connectivity index (χ4n) is 0.938. The van der Waals surface area contributed by atoms with Gasteiger partial charge in [0.1, 0.15) is 0 Å². The zero-order valence-electron chi connectivity index (χ0n) is 7.86. The van der Waals surface area contributed by atoms with Gasteiger partial charge in [0.25, 0.3) is 0 Å². The fourth-order valence-corrected chi connectivity index (χ4v) is 2.32. The first-order valence-corrected chi connectivity index (χ1v) is 6.76. The van der Waals surface area contributed by atoms with Crippen molar-refractivity contribution < 1.29 is 8.42 Å². The Kier molecular flexibility index (Phi) is 4.86. The molecule has 0 radical (unpaired) electrons. The fraction of sp³-hybridized carbons (Fsp3) is 0.333. The van der Waals surface area contributed by atoms with Gasteiger partial charge < -0.3 is 0 Å². The summed E-state index contributed by atoms with van der Waals surface area (Å²) >= 11 is 11.2. The summed E-state index contributed by atoms with van der Waals surface area (Å²) in [7, 11) is -3.46. The first-order valence-electron chi connectivity index (χ1n) is 4.31. The monoisotopic (exact) mass is 267 g/mol. The van der Waals surface area contributed by atoms with E-state index in [1.807, 2.05) is 0 Å². The van der Waals surface area contributed by atoms with Crippen LogP contribution in [0.15, 0.2) is 35.2 Å². The molecule has 3 nitrogen and oxygen atoms in total. The molecule has 1 N–H and O–H groups in total. The molecule has 0 saturated heterocycles. The lowest BCUT2D eigenvalue weighted by atomic mass is 10.4. The maximum atomic E-state index is 11.6. The highest BCUT2D eigenvalue weighted by Gasteiger charge is 2.14. The molecule has 0 saturated carbocycles. The van der Waals surface area contributed by atoms with Crippen LogP contribution in [0, 0.1) is 0 Å². The van der Waals surface area contributed by atoms with Crippen molar-refractivity contribution in [3.8, 4) is 0 Å². The minimum absolute atomic E-state index is 0.127. The zero-order valence-corrected chi connectivity index (χ0v) is 10.2. The van der Waals surface area contributed by atoms with Crippen molar-refractivity contribution in [2.75, 3.05) is 12.4 Å². The number of benzene rings is 1. The molecule has 0 bridgehead atoms. The quantitative estimate of drug-likeness (QED) is 0.828. The van der Waals surface area contributed by atoms with Gasteiger partial charge in [0, 0.05) is 12.4 Å². The molecule has 0 fully saturated rings. The van der Waals surface area contributed by atoms with Crippen LogP contribution in [0.2, 0.25) is 0 Å². The summed E-state index contributed by atoms with van der Waals surface area (Å²) in [6, 6.07) is 8.11. The predicted molar refractivity (Wildman–Crippen MR) is 62.0 cm³/mol. The summed E-state index contributed by atoms with van der Waals surface area (Å²) in [4.78, 5) is 0.225. The Morgan fingerprint density at radius 2 is 1.87 bits per heavy atom. The first kappa shape index (κ1) is 12.8. The van der Waals surface area contributed by atoms with Crippen molar-refractivity contribution in [3.63, 3.8) is 0 Å². The summed E-state index contributed by atoms with van der Waals surface area (Å²) in [5, 5.41) is -0.398.